The van der Waals surface area contributed by atoms with E-state index >= 15 is 0 Å². The second-order valence-electron chi connectivity index (χ2n) is 5.11. The Morgan fingerprint density at radius 1 is 1.33 bits per heavy atom. The molecule has 2 N–H and O–H groups in total. The lowest BCUT2D eigenvalue weighted by Gasteiger charge is -2.25. The zero-order chi connectivity index (χ0) is 13.5. The number of rotatable bonds is 6. The number of aliphatic carboxylic acids is 1. The molecule has 1 amide bonds. The van der Waals surface area contributed by atoms with Gasteiger partial charge in [0.1, 0.15) is 0 Å². The molecule has 1 fully saturated rings. The van der Waals surface area contributed by atoms with Crippen molar-refractivity contribution < 1.29 is 19.4 Å². The first kappa shape index (κ1) is 15.0. The summed E-state index contributed by atoms with van der Waals surface area (Å²) in [6, 6.07) is 0. The van der Waals surface area contributed by atoms with Crippen LogP contribution >= 0.6 is 0 Å². The van der Waals surface area contributed by atoms with Crippen molar-refractivity contribution in [1.82, 2.24) is 5.32 Å². The number of carbonyl (C=O) groups excluding carboxylic acids is 1. The van der Waals surface area contributed by atoms with Gasteiger partial charge in [0.05, 0.1) is 18.6 Å². The second-order valence-corrected chi connectivity index (χ2v) is 5.11. The summed E-state index contributed by atoms with van der Waals surface area (Å²) in [4.78, 5) is 22.8. The molecule has 1 aliphatic rings. The maximum atomic E-state index is 11.9. The zero-order valence-electron chi connectivity index (χ0n) is 11.1. The molecule has 0 aromatic rings. The van der Waals surface area contributed by atoms with Gasteiger partial charge in [0.25, 0.3) is 0 Å². The van der Waals surface area contributed by atoms with E-state index in [9.17, 15) is 9.59 Å². The van der Waals surface area contributed by atoms with Crippen LogP contribution in [0.2, 0.25) is 0 Å². The van der Waals surface area contributed by atoms with Crippen LogP contribution in [0.1, 0.15) is 39.5 Å². The number of amides is 1. The van der Waals surface area contributed by atoms with Crippen molar-refractivity contribution in [3.8, 4) is 0 Å². The first-order chi connectivity index (χ1) is 8.50. The Kier molecular flexibility index (Phi) is 6.12. The molecule has 5 nitrogen and oxygen atoms in total. The standard InChI is InChI=1S/C13H23NO4/c1-9(2)18-7-6-14-12(15)10-4-3-5-11(8-10)13(16)17/h9-11H,3-8H2,1-2H3,(H,14,15)(H,16,17). The van der Waals surface area contributed by atoms with Crippen LogP contribution in [0.15, 0.2) is 0 Å². The average Bonchev–Trinajstić information content (AvgIpc) is 2.34. The van der Waals surface area contributed by atoms with Gasteiger partial charge in [-0.3, -0.25) is 9.59 Å². The summed E-state index contributed by atoms with van der Waals surface area (Å²) in [7, 11) is 0. The van der Waals surface area contributed by atoms with E-state index in [-0.39, 0.29) is 23.8 Å². The Balaban J connectivity index is 2.26. The van der Waals surface area contributed by atoms with Gasteiger partial charge in [-0.15, -0.1) is 0 Å². The minimum atomic E-state index is -0.782. The molecule has 1 aliphatic carbocycles. The van der Waals surface area contributed by atoms with Gasteiger partial charge in [-0.05, 0) is 33.1 Å². The Hall–Kier alpha value is -1.10. The lowest BCUT2D eigenvalue weighted by Crippen LogP contribution is -2.37. The minimum Gasteiger partial charge on any atom is -0.481 e. The highest BCUT2D eigenvalue weighted by Gasteiger charge is 2.30. The Labute approximate surface area is 108 Å². The van der Waals surface area contributed by atoms with E-state index in [0.29, 0.717) is 26.0 Å². The summed E-state index contributed by atoms with van der Waals surface area (Å²) in [5.74, 6) is -1.33. The number of carboxylic acid groups (broad SMARTS) is 1. The first-order valence-electron chi connectivity index (χ1n) is 6.62. The van der Waals surface area contributed by atoms with Crippen LogP contribution in [0.4, 0.5) is 0 Å². The Morgan fingerprint density at radius 2 is 2.00 bits per heavy atom. The third-order valence-corrected chi connectivity index (χ3v) is 3.25. The summed E-state index contributed by atoms with van der Waals surface area (Å²) >= 11 is 0. The average molecular weight is 257 g/mol. The fourth-order valence-electron chi connectivity index (χ4n) is 2.27. The molecule has 0 aromatic heterocycles. The van der Waals surface area contributed by atoms with E-state index in [1.54, 1.807) is 0 Å². The molecule has 18 heavy (non-hydrogen) atoms. The molecule has 5 heteroatoms. The van der Waals surface area contributed by atoms with Gasteiger partial charge in [0.15, 0.2) is 0 Å². The predicted octanol–water partition coefficient (Wildman–Crippen LogP) is 1.42. The highest BCUT2D eigenvalue weighted by Crippen LogP contribution is 2.29. The summed E-state index contributed by atoms with van der Waals surface area (Å²) in [5.41, 5.74) is 0. The molecule has 2 atom stereocenters. The molecule has 0 spiro atoms. The molecule has 0 bridgehead atoms. The van der Waals surface area contributed by atoms with Gasteiger partial charge in [-0.1, -0.05) is 6.42 Å². The van der Waals surface area contributed by atoms with Gasteiger partial charge in [-0.25, -0.2) is 0 Å². The monoisotopic (exact) mass is 257 g/mol. The van der Waals surface area contributed by atoms with Gasteiger partial charge < -0.3 is 15.2 Å². The van der Waals surface area contributed by atoms with Gasteiger partial charge in [0, 0.05) is 12.5 Å². The number of hydrogen-bond acceptors (Lipinski definition) is 3. The van der Waals surface area contributed by atoms with Crippen molar-refractivity contribution in [1.29, 1.82) is 0 Å². The molecule has 0 aromatic carbocycles. The number of carbonyl (C=O) groups is 2. The Morgan fingerprint density at radius 3 is 2.61 bits per heavy atom. The van der Waals surface area contributed by atoms with Crippen LogP contribution in [0.5, 0.6) is 0 Å². The quantitative estimate of drug-likeness (QED) is 0.706. The minimum absolute atomic E-state index is 0.0340. The van der Waals surface area contributed by atoms with Gasteiger partial charge in [0.2, 0.25) is 5.91 Å². The molecule has 1 rings (SSSR count). The highest BCUT2D eigenvalue weighted by atomic mass is 16.5. The van der Waals surface area contributed by atoms with Crippen LogP contribution in [-0.4, -0.2) is 36.2 Å². The summed E-state index contributed by atoms with van der Waals surface area (Å²) < 4.78 is 5.33. The molecule has 0 radical (unpaired) electrons. The molecule has 2 unspecified atom stereocenters. The number of ether oxygens (including phenoxy) is 1. The van der Waals surface area contributed by atoms with Crippen LogP contribution < -0.4 is 5.32 Å². The fourth-order valence-corrected chi connectivity index (χ4v) is 2.27. The molecular formula is C13H23NO4. The van der Waals surface area contributed by atoms with Crippen molar-refractivity contribution >= 4 is 11.9 Å². The predicted molar refractivity (Wildman–Crippen MR) is 67.2 cm³/mol. The Bertz CT molecular complexity index is 291. The smallest absolute Gasteiger partial charge is 0.306 e. The molecule has 1 saturated carbocycles. The van der Waals surface area contributed by atoms with Crippen molar-refractivity contribution in [3.63, 3.8) is 0 Å². The normalized spacial score (nSPS) is 23.9. The topological polar surface area (TPSA) is 75.6 Å². The largest absolute Gasteiger partial charge is 0.481 e. The van der Waals surface area contributed by atoms with Gasteiger partial charge in [-0.2, -0.15) is 0 Å². The van der Waals surface area contributed by atoms with E-state index < -0.39 is 5.97 Å². The van der Waals surface area contributed by atoms with Crippen LogP contribution in [0.3, 0.4) is 0 Å². The summed E-state index contributed by atoms with van der Waals surface area (Å²) in [5, 5.41) is 11.8. The number of carboxylic acids is 1. The van der Waals surface area contributed by atoms with E-state index in [4.69, 9.17) is 9.84 Å². The third kappa shape index (κ3) is 5.04. The third-order valence-electron chi connectivity index (χ3n) is 3.25. The van der Waals surface area contributed by atoms with Crippen molar-refractivity contribution in [2.45, 2.75) is 45.6 Å². The maximum absolute atomic E-state index is 11.9. The van der Waals surface area contributed by atoms with Crippen LogP contribution in [-0.2, 0) is 14.3 Å². The van der Waals surface area contributed by atoms with Crippen molar-refractivity contribution in [2.75, 3.05) is 13.2 Å². The number of nitrogens with one attached hydrogen (secondary N) is 1. The van der Waals surface area contributed by atoms with Crippen molar-refractivity contribution in [2.24, 2.45) is 11.8 Å². The van der Waals surface area contributed by atoms with E-state index in [1.165, 1.54) is 0 Å². The maximum Gasteiger partial charge on any atom is 0.306 e. The van der Waals surface area contributed by atoms with E-state index in [2.05, 4.69) is 5.32 Å². The molecular weight excluding hydrogens is 234 g/mol. The first-order valence-corrected chi connectivity index (χ1v) is 6.62. The number of hydrogen-bond donors (Lipinski definition) is 2. The van der Waals surface area contributed by atoms with Gasteiger partial charge >= 0.3 is 5.97 Å². The summed E-state index contributed by atoms with van der Waals surface area (Å²) in [6.07, 6.45) is 2.92. The molecule has 104 valence electrons. The lowest BCUT2D eigenvalue weighted by atomic mass is 9.81. The zero-order valence-corrected chi connectivity index (χ0v) is 11.1. The molecule has 0 heterocycles. The SMILES string of the molecule is CC(C)OCCNC(=O)C1CCCC(C(=O)O)C1. The lowest BCUT2D eigenvalue weighted by molar-refractivity contribution is -0.144. The fraction of sp³-hybridized carbons (Fsp3) is 0.846. The van der Waals surface area contributed by atoms with Crippen LogP contribution in [0.25, 0.3) is 0 Å². The second kappa shape index (κ2) is 7.36. The van der Waals surface area contributed by atoms with E-state index in [1.807, 2.05) is 13.8 Å². The van der Waals surface area contributed by atoms with Crippen LogP contribution in [0, 0.1) is 11.8 Å². The summed E-state index contributed by atoms with van der Waals surface area (Å²) in [6.45, 7) is 4.88. The molecule has 0 aliphatic heterocycles. The highest BCUT2D eigenvalue weighted by molar-refractivity contribution is 5.80. The molecule has 0 saturated heterocycles. The van der Waals surface area contributed by atoms with Crippen molar-refractivity contribution in [3.05, 3.63) is 0 Å². The van der Waals surface area contributed by atoms with E-state index in [0.717, 1.165) is 12.8 Å².